The van der Waals surface area contributed by atoms with E-state index in [0.29, 0.717) is 11.3 Å². The summed E-state index contributed by atoms with van der Waals surface area (Å²) in [6, 6.07) is 8.16. The number of likely N-dealkylation sites (tertiary alicyclic amines) is 1. The van der Waals surface area contributed by atoms with Crippen molar-refractivity contribution >= 4 is 17.4 Å². The van der Waals surface area contributed by atoms with Gasteiger partial charge in [-0.2, -0.15) is 0 Å². The predicted molar refractivity (Wildman–Crippen MR) is 105 cm³/mol. The van der Waals surface area contributed by atoms with E-state index in [1.54, 1.807) is 23.1 Å². The fourth-order valence-electron chi connectivity index (χ4n) is 4.86. The van der Waals surface area contributed by atoms with Crippen LogP contribution in [0.5, 0.6) is 5.75 Å². The summed E-state index contributed by atoms with van der Waals surface area (Å²) in [5.74, 6) is -0.0784. The number of carbonyl (C=O) groups is 2. The topological polar surface area (TPSA) is 80.0 Å². The number of aliphatic hydroxyl groups excluding tert-OH is 1. The van der Waals surface area contributed by atoms with E-state index >= 15 is 0 Å². The minimum Gasteiger partial charge on any atom is -0.507 e. The number of Topliss-reactive ketones (excluding diaryl/α,β-unsaturated/α-hetero) is 1. The summed E-state index contributed by atoms with van der Waals surface area (Å²) >= 11 is 0. The van der Waals surface area contributed by atoms with Crippen molar-refractivity contribution in [1.82, 2.24) is 4.90 Å². The van der Waals surface area contributed by atoms with Crippen molar-refractivity contribution in [2.75, 3.05) is 0 Å². The molecule has 2 unspecified atom stereocenters. The van der Waals surface area contributed by atoms with Gasteiger partial charge in [-0.05, 0) is 55.7 Å². The molecule has 1 aliphatic carbocycles. The summed E-state index contributed by atoms with van der Waals surface area (Å²) < 4.78 is 11.3. The van der Waals surface area contributed by atoms with Gasteiger partial charge in [0.1, 0.15) is 29.4 Å². The molecule has 1 saturated carbocycles. The zero-order valence-electron chi connectivity index (χ0n) is 16.3. The number of ketones is 1. The van der Waals surface area contributed by atoms with E-state index in [2.05, 4.69) is 0 Å². The maximum atomic E-state index is 13.0. The van der Waals surface area contributed by atoms with E-state index in [4.69, 9.17) is 9.15 Å². The summed E-state index contributed by atoms with van der Waals surface area (Å²) in [6.45, 7) is 1.99. The van der Waals surface area contributed by atoms with Crippen LogP contribution in [0.15, 0.2) is 46.6 Å². The molecular weight excluding hydrogens is 370 g/mol. The lowest BCUT2D eigenvalue weighted by Crippen LogP contribution is -2.37. The highest BCUT2D eigenvalue weighted by atomic mass is 16.5. The average molecular weight is 393 g/mol. The second-order valence-corrected chi connectivity index (χ2v) is 8.12. The van der Waals surface area contributed by atoms with E-state index in [9.17, 15) is 14.7 Å². The van der Waals surface area contributed by atoms with Gasteiger partial charge in [-0.15, -0.1) is 0 Å². The standard InChI is InChI=1S/C23H23NO5/c1-13-11-15-12-14(8-9-17(15)29-13)21(25)19-20(18-7-4-10-28-18)24(23(27)22(19)26)16-5-2-3-6-16/h4,7-10,12-13,16,20,25H,2-3,5-6,11H2,1H3/b21-19-. The molecule has 5 rings (SSSR count). The van der Waals surface area contributed by atoms with Crippen molar-refractivity contribution in [2.24, 2.45) is 0 Å². The van der Waals surface area contributed by atoms with Crippen LogP contribution in [0, 0.1) is 0 Å². The molecule has 2 aromatic rings. The number of rotatable bonds is 3. The average Bonchev–Trinajstić information content (AvgIpc) is 3.48. The molecule has 0 radical (unpaired) electrons. The molecule has 2 atom stereocenters. The maximum absolute atomic E-state index is 13.0. The Morgan fingerprint density at radius 2 is 1.97 bits per heavy atom. The molecule has 1 amide bonds. The van der Waals surface area contributed by atoms with E-state index < -0.39 is 17.7 Å². The molecule has 0 bridgehead atoms. The SMILES string of the molecule is CC1Cc2cc(/C(O)=C3/C(=O)C(=O)N(C4CCCC4)C3c3ccco3)ccc2O1. The van der Waals surface area contributed by atoms with Crippen LogP contribution in [-0.4, -0.2) is 33.8 Å². The Hall–Kier alpha value is -3.02. The number of ether oxygens (including phenoxy) is 1. The Labute approximate surface area is 168 Å². The van der Waals surface area contributed by atoms with Gasteiger partial charge in [0.25, 0.3) is 11.7 Å². The first-order chi connectivity index (χ1) is 14.0. The molecule has 6 heteroatoms. The molecule has 1 aromatic carbocycles. The highest BCUT2D eigenvalue weighted by molar-refractivity contribution is 6.46. The predicted octanol–water partition coefficient (Wildman–Crippen LogP) is 3.97. The van der Waals surface area contributed by atoms with Gasteiger partial charge in [0.05, 0.1) is 11.8 Å². The van der Waals surface area contributed by atoms with Crippen LogP contribution in [-0.2, 0) is 16.0 Å². The fourth-order valence-corrected chi connectivity index (χ4v) is 4.86. The fraction of sp³-hybridized carbons (Fsp3) is 0.391. The van der Waals surface area contributed by atoms with Crippen LogP contribution < -0.4 is 4.74 Å². The zero-order valence-corrected chi connectivity index (χ0v) is 16.3. The first-order valence-corrected chi connectivity index (χ1v) is 10.2. The van der Waals surface area contributed by atoms with Gasteiger partial charge in [0, 0.05) is 18.0 Å². The van der Waals surface area contributed by atoms with Gasteiger partial charge in [-0.1, -0.05) is 12.8 Å². The smallest absolute Gasteiger partial charge is 0.296 e. The number of benzene rings is 1. The van der Waals surface area contributed by atoms with Gasteiger partial charge in [0.15, 0.2) is 0 Å². The normalized spacial score (nSPS) is 26.2. The highest BCUT2D eigenvalue weighted by Gasteiger charge is 2.50. The van der Waals surface area contributed by atoms with E-state index in [0.717, 1.165) is 43.4 Å². The first-order valence-electron chi connectivity index (χ1n) is 10.2. The summed E-state index contributed by atoms with van der Waals surface area (Å²) in [4.78, 5) is 27.6. The minimum atomic E-state index is -0.698. The minimum absolute atomic E-state index is 0.0129. The van der Waals surface area contributed by atoms with Crippen LogP contribution >= 0.6 is 0 Å². The van der Waals surface area contributed by atoms with E-state index in [1.165, 1.54) is 6.26 Å². The number of aliphatic hydroxyl groups is 1. The van der Waals surface area contributed by atoms with Crippen molar-refractivity contribution in [3.8, 4) is 5.75 Å². The Bertz CT molecular complexity index is 1000. The number of fused-ring (bicyclic) bond motifs is 1. The summed E-state index contributed by atoms with van der Waals surface area (Å²) in [5, 5.41) is 11.1. The van der Waals surface area contributed by atoms with Crippen molar-refractivity contribution in [1.29, 1.82) is 0 Å². The Morgan fingerprint density at radius 3 is 2.69 bits per heavy atom. The molecule has 6 nitrogen and oxygen atoms in total. The second kappa shape index (κ2) is 6.79. The molecule has 2 aliphatic heterocycles. The van der Waals surface area contributed by atoms with Crippen LogP contribution in [0.4, 0.5) is 0 Å². The molecule has 1 aromatic heterocycles. The van der Waals surface area contributed by atoms with Gasteiger partial charge in [-0.25, -0.2) is 0 Å². The van der Waals surface area contributed by atoms with E-state index in [1.807, 2.05) is 19.1 Å². The van der Waals surface area contributed by atoms with Crippen molar-refractivity contribution in [3.05, 3.63) is 59.1 Å². The van der Waals surface area contributed by atoms with Gasteiger partial charge < -0.3 is 19.2 Å². The lowest BCUT2D eigenvalue weighted by Gasteiger charge is -2.29. The van der Waals surface area contributed by atoms with Crippen LogP contribution in [0.3, 0.4) is 0 Å². The van der Waals surface area contributed by atoms with Gasteiger partial charge >= 0.3 is 0 Å². The van der Waals surface area contributed by atoms with Crippen LogP contribution in [0.1, 0.15) is 55.5 Å². The van der Waals surface area contributed by atoms with Crippen molar-refractivity contribution in [3.63, 3.8) is 0 Å². The molecule has 150 valence electrons. The van der Waals surface area contributed by atoms with Gasteiger partial charge in [0.2, 0.25) is 0 Å². The molecule has 29 heavy (non-hydrogen) atoms. The molecule has 3 aliphatic rings. The number of hydrogen-bond acceptors (Lipinski definition) is 5. The Kier molecular flexibility index (Phi) is 4.23. The molecule has 1 saturated heterocycles. The number of nitrogens with zero attached hydrogens (tertiary/aromatic N) is 1. The lowest BCUT2D eigenvalue weighted by atomic mass is 9.97. The summed E-state index contributed by atoms with van der Waals surface area (Å²) in [7, 11) is 0. The van der Waals surface area contributed by atoms with E-state index in [-0.39, 0.29) is 23.5 Å². The summed E-state index contributed by atoms with van der Waals surface area (Å²) in [5.41, 5.74) is 1.60. The zero-order chi connectivity index (χ0) is 20.1. The maximum Gasteiger partial charge on any atom is 0.296 e. The Morgan fingerprint density at radius 1 is 1.17 bits per heavy atom. The first kappa shape index (κ1) is 18.0. The number of carbonyl (C=O) groups excluding carboxylic acids is 2. The number of hydrogen-bond donors (Lipinski definition) is 1. The molecule has 2 fully saturated rings. The molecule has 1 N–H and O–H groups in total. The third kappa shape index (κ3) is 2.85. The second-order valence-electron chi connectivity index (χ2n) is 8.12. The lowest BCUT2D eigenvalue weighted by molar-refractivity contribution is -0.141. The Balaban J connectivity index is 1.62. The summed E-state index contributed by atoms with van der Waals surface area (Å²) in [6.07, 6.45) is 6.13. The number of amides is 1. The third-order valence-electron chi connectivity index (χ3n) is 6.18. The van der Waals surface area contributed by atoms with Gasteiger partial charge in [-0.3, -0.25) is 9.59 Å². The molecule has 3 heterocycles. The monoisotopic (exact) mass is 393 g/mol. The van der Waals surface area contributed by atoms with Crippen LogP contribution in [0.25, 0.3) is 5.76 Å². The molecule has 0 spiro atoms. The highest BCUT2D eigenvalue weighted by Crippen LogP contribution is 2.44. The van der Waals surface area contributed by atoms with Crippen LogP contribution in [0.2, 0.25) is 0 Å². The third-order valence-corrected chi connectivity index (χ3v) is 6.18. The number of furan rings is 1. The van der Waals surface area contributed by atoms with Crippen molar-refractivity contribution in [2.45, 2.75) is 57.2 Å². The largest absolute Gasteiger partial charge is 0.507 e. The quantitative estimate of drug-likeness (QED) is 0.485. The molecular formula is C23H23NO5. The van der Waals surface area contributed by atoms with Crippen molar-refractivity contribution < 1.29 is 23.8 Å².